The summed E-state index contributed by atoms with van der Waals surface area (Å²) >= 11 is 1.44. The first-order chi connectivity index (χ1) is 6.61. The average Bonchev–Trinajstić information content (AvgIpc) is 2.59. The van der Waals surface area contributed by atoms with Gasteiger partial charge in [-0.2, -0.15) is 0 Å². The SMILES string of the molecule is Cc1c(C(=O)O)cc(O)c2ccsc12. The fourth-order valence-electron chi connectivity index (χ4n) is 1.47. The van der Waals surface area contributed by atoms with Crippen molar-refractivity contribution in [3.05, 3.63) is 28.6 Å². The van der Waals surface area contributed by atoms with Gasteiger partial charge in [0.2, 0.25) is 0 Å². The maximum atomic E-state index is 10.8. The second-order valence-corrected chi connectivity index (χ2v) is 3.95. The van der Waals surface area contributed by atoms with Gasteiger partial charge in [-0.3, -0.25) is 0 Å². The number of phenolic OH excluding ortho intramolecular Hbond substituents is 1. The fraction of sp³-hybridized carbons (Fsp3) is 0.100. The van der Waals surface area contributed by atoms with Crippen LogP contribution >= 0.6 is 11.3 Å². The molecule has 0 aliphatic rings. The van der Waals surface area contributed by atoms with Gasteiger partial charge in [0.1, 0.15) is 5.75 Å². The number of carbonyl (C=O) groups is 1. The Kier molecular flexibility index (Phi) is 1.93. The zero-order valence-corrected chi connectivity index (χ0v) is 8.26. The summed E-state index contributed by atoms with van der Waals surface area (Å²) in [6.45, 7) is 1.75. The van der Waals surface area contributed by atoms with Crippen molar-refractivity contribution in [1.82, 2.24) is 0 Å². The molecule has 0 aliphatic heterocycles. The summed E-state index contributed by atoms with van der Waals surface area (Å²) in [5.41, 5.74) is 0.873. The largest absolute Gasteiger partial charge is 0.507 e. The molecule has 0 fully saturated rings. The summed E-state index contributed by atoms with van der Waals surface area (Å²) < 4.78 is 0.836. The molecule has 1 heterocycles. The monoisotopic (exact) mass is 208 g/mol. The predicted molar refractivity (Wildman–Crippen MR) is 55.2 cm³/mol. The molecular weight excluding hydrogens is 200 g/mol. The molecule has 14 heavy (non-hydrogen) atoms. The van der Waals surface area contributed by atoms with Crippen molar-refractivity contribution in [2.75, 3.05) is 0 Å². The number of fused-ring (bicyclic) bond motifs is 1. The van der Waals surface area contributed by atoms with Crippen molar-refractivity contribution in [2.45, 2.75) is 6.92 Å². The maximum Gasteiger partial charge on any atom is 0.336 e. The number of rotatable bonds is 1. The zero-order chi connectivity index (χ0) is 10.3. The molecule has 0 spiro atoms. The number of aryl methyl sites for hydroxylation is 1. The van der Waals surface area contributed by atoms with Gasteiger partial charge in [0.05, 0.1) is 5.56 Å². The van der Waals surface area contributed by atoms with Crippen molar-refractivity contribution in [1.29, 1.82) is 0 Å². The van der Waals surface area contributed by atoms with Crippen LogP contribution in [0.5, 0.6) is 5.75 Å². The summed E-state index contributed by atoms with van der Waals surface area (Å²) in [5.74, 6) is -0.975. The Hall–Kier alpha value is -1.55. The van der Waals surface area contributed by atoms with Crippen LogP contribution in [0.15, 0.2) is 17.5 Å². The van der Waals surface area contributed by atoms with Crippen molar-refractivity contribution >= 4 is 27.4 Å². The number of hydrogen-bond donors (Lipinski definition) is 2. The van der Waals surface area contributed by atoms with Crippen LogP contribution in [0.4, 0.5) is 0 Å². The fourth-order valence-corrected chi connectivity index (χ4v) is 2.40. The van der Waals surface area contributed by atoms with Crippen LogP contribution in [-0.4, -0.2) is 16.2 Å². The van der Waals surface area contributed by atoms with E-state index in [1.807, 2.05) is 5.38 Å². The van der Waals surface area contributed by atoms with Gasteiger partial charge >= 0.3 is 5.97 Å². The third kappa shape index (κ3) is 1.15. The Bertz CT molecular complexity index is 513. The van der Waals surface area contributed by atoms with Gasteiger partial charge in [-0.1, -0.05) is 0 Å². The lowest BCUT2D eigenvalue weighted by atomic mass is 10.1. The lowest BCUT2D eigenvalue weighted by Crippen LogP contribution is -1.99. The number of aromatic hydroxyl groups is 1. The molecule has 2 N–H and O–H groups in total. The topological polar surface area (TPSA) is 57.5 Å². The summed E-state index contributed by atoms with van der Waals surface area (Å²) in [7, 11) is 0. The second kappa shape index (κ2) is 2.99. The van der Waals surface area contributed by atoms with Crippen molar-refractivity contribution in [2.24, 2.45) is 0 Å². The average molecular weight is 208 g/mol. The van der Waals surface area contributed by atoms with Gasteiger partial charge in [0.25, 0.3) is 0 Å². The number of carboxylic acids is 1. The highest BCUT2D eigenvalue weighted by atomic mass is 32.1. The first kappa shape index (κ1) is 9.02. The first-order valence-electron chi connectivity index (χ1n) is 4.04. The van der Waals surface area contributed by atoms with Crippen molar-refractivity contribution < 1.29 is 15.0 Å². The lowest BCUT2D eigenvalue weighted by molar-refractivity contribution is 0.0696. The maximum absolute atomic E-state index is 10.8. The molecule has 2 aromatic rings. The number of carboxylic acid groups (broad SMARTS) is 1. The molecule has 3 nitrogen and oxygen atoms in total. The second-order valence-electron chi connectivity index (χ2n) is 3.04. The number of phenols is 1. The van der Waals surface area contributed by atoms with Crippen molar-refractivity contribution in [3.8, 4) is 5.75 Å². The molecule has 0 radical (unpaired) electrons. The third-order valence-corrected chi connectivity index (χ3v) is 3.23. The van der Waals surface area contributed by atoms with Crippen LogP contribution in [0, 0.1) is 6.92 Å². The Morgan fingerprint density at radius 2 is 2.21 bits per heavy atom. The van der Waals surface area contributed by atoms with Crippen LogP contribution in [-0.2, 0) is 0 Å². The van der Waals surface area contributed by atoms with E-state index in [0.29, 0.717) is 5.56 Å². The summed E-state index contributed by atoms with van der Waals surface area (Å²) in [4.78, 5) is 10.8. The minimum absolute atomic E-state index is 0.0317. The van der Waals surface area contributed by atoms with E-state index in [1.54, 1.807) is 13.0 Å². The molecular formula is C10H8O3S. The predicted octanol–water partition coefficient (Wildman–Crippen LogP) is 2.61. The summed E-state index contributed by atoms with van der Waals surface area (Å²) in [6, 6.07) is 3.08. The lowest BCUT2D eigenvalue weighted by Gasteiger charge is -2.03. The van der Waals surface area contributed by atoms with Crippen LogP contribution in [0.25, 0.3) is 10.1 Å². The molecule has 0 aliphatic carbocycles. The minimum Gasteiger partial charge on any atom is -0.507 e. The van der Waals surface area contributed by atoms with Gasteiger partial charge in [-0.25, -0.2) is 4.79 Å². The molecule has 4 heteroatoms. The van der Waals surface area contributed by atoms with Crippen LogP contribution in [0.1, 0.15) is 15.9 Å². The van der Waals surface area contributed by atoms with E-state index in [0.717, 1.165) is 10.1 Å². The summed E-state index contributed by atoms with van der Waals surface area (Å²) in [5, 5.41) is 21.0. The van der Waals surface area contributed by atoms with Gasteiger partial charge < -0.3 is 10.2 Å². The Morgan fingerprint density at radius 3 is 2.86 bits per heavy atom. The number of aromatic carboxylic acids is 1. The van der Waals surface area contributed by atoms with Crippen molar-refractivity contribution in [3.63, 3.8) is 0 Å². The van der Waals surface area contributed by atoms with E-state index in [-0.39, 0.29) is 11.3 Å². The van der Waals surface area contributed by atoms with E-state index in [2.05, 4.69) is 0 Å². The molecule has 0 amide bonds. The highest BCUT2D eigenvalue weighted by molar-refractivity contribution is 7.17. The number of benzene rings is 1. The Morgan fingerprint density at radius 1 is 1.50 bits per heavy atom. The third-order valence-electron chi connectivity index (χ3n) is 2.20. The molecule has 0 saturated heterocycles. The molecule has 2 rings (SSSR count). The zero-order valence-electron chi connectivity index (χ0n) is 7.44. The molecule has 0 saturated carbocycles. The van der Waals surface area contributed by atoms with E-state index in [9.17, 15) is 9.90 Å². The molecule has 0 unspecified atom stereocenters. The van der Waals surface area contributed by atoms with Crippen LogP contribution < -0.4 is 0 Å². The van der Waals surface area contributed by atoms with Crippen LogP contribution in [0.2, 0.25) is 0 Å². The van der Waals surface area contributed by atoms with Gasteiger partial charge in [-0.05, 0) is 30.0 Å². The van der Waals surface area contributed by atoms with Crippen LogP contribution in [0.3, 0.4) is 0 Å². The van der Waals surface area contributed by atoms with Gasteiger partial charge in [0.15, 0.2) is 0 Å². The van der Waals surface area contributed by atoms with E-state index < -0.39 is 5.97 Å². The number of hydrogen-bond acceptors (Lipinski definition) is 3. The van der Waals surface area contributed by atoms with E-state index >= 15 is 0 Å². The minimum atomic E-state index is -1.01. The quantitative estimate of drug-likeness (QED) is 0.757. The molecule has 0 bridgehead atoms. The normalized spacial score (nSPS) is 10.6. The molecule has 1 aromatic carbocycles. The molecule has 72 valence electrons. The highest BCUT2D eigenvalue weighted by Gasteiger charge is 2.13. The summed E-state index contributed by atoms with van der Waals surface area (Å²) in [6.07, 6.45) is 0. The first-order valence-corrected chi connectivity index (χ1v) is 4.92. The number of thiophene rings is 1. The van der Waals surface area contributed by atoms with E-state index in [4.69, 9.17) is 5.11 Å². The smallest absolute Gasteiger partial charge is 0.336 e. The molecule has 1 aromatic heterocycles. The highest BCUT2D eigenvalue weighted by Crippen LogP contribution is 2.34. The standard InChI is InChI=1S/C10H8O3S/c1-5-7(10(12)13)4-8(11)6-2-3-14-9(5)6/h2-4,11H,1H3,(H,12,13). The molecule has 0 atom stereocenters. The Labute approximate surface area is 84.2 Å². The van der Waals surface area contributed by atoms with Gasteiger partial charge in [0, 0.05) is 10.1 Å². The van der Waals surface area contributed by atoms with E-state index in [1.165, 1.54) is 17.4 Å². The Balaban J connectivity index is 2.88. The van der Waals surface area contributed by atoms with Gasteiger partial charge in [-0.15, -0.1) is 11.3 Å².